The molecule has 0 bridgehead atoms. The number of hydrogen-bond acceptors (Lipinski definition) is 5. The van der Waals surface area contributed by atoms with Crippen LogP contribution in [0.5, 0.6) is 5.75 Å². The summed E-state index contributed by atoms with van der Waals surface area (Å²) in [7, 11) is 1.67. The molecule has 2 aliphatic rings. The van der Waals surface area contributed by atoms with Crippen LogP contribution in [0.2, 0.25) is 5.02 Å². The Morgan fingerprint density at radius 3 is 2.83 bits per heavy atom. The number of imidazole rings is 1. The van der Waals surface area contributed by atoms with Crippen molar-refractivity contribution in [1.29, 1.82) is 0 Å². The van der Waals surface area contributed by atoms with Crippen molar-refractivity contribution in [2.75, 3.05) is 20.3 Å². The third-order valence-corrected chi connectivity index (χ3v) is 6.44. The maximum absolute atomic E-state index is 14.1. The number of aromatic nitrogens is 2. The molecule has 2 aliphatic heterocycles. The van der Waals surface area contributed by atoms with Crippen LogP contribution in [0.3, 0.4) is 0 Å². The number of rotatable bonds is 4. The highest BCUT2D eigenvalue weighted by Gasteiger charge is 2.31. The number of halogens is 2. The van der Waals surface area contributed by atoms with Crippen LogP contribution in [-0.2, 0) is 4.84 Å². The van der Waals surface area contributed by atoms with Crippen molar-refractivity contribution in [1.82, 2.24) is 14.5 Å². The quantitative estimate of drug-likeness (QED) is 0.410. The van der Waals surface area contributed by atoms with Crippen LogP contribution in [-0.4, -0.2) is 40.5 Å². The van der Waals surface area contributed by atoms with Gasteiger partial charge < -0.3 is 19.0 Å². The van der Waals surface area contributed by atoms with Gasteiger partial charge in [-0.25, -0.2) is 9.37 Å². The number of hydrogen-bond donors (Lipinski definition) is 0. The molecule has 0 radical (unpaired) electrons. The lowest BCUT2D eigenvalue weighted by atomic mass is 9.95. The standard InChI is InChI=1S/C26H26ClFN4O2.CH4/c1-17-15-31(16-29-17)24-6-5-18(11-25(24)33-2)10-19-4-3-8-32-23(7-9-34-30-26(19)32)20-12-21(27)14-22(28)13-20;/h5-6,10-16,23H,3-4,7-9H2,1-2H3;1H4/b19-10+;. The third kappa shape index (κ3) is 5.20. The van der Waals surface area contributed by atoms with Gasteiger partial charge in [0.2, 0.25) is 0 Å². The lowest BCUT2D eigenvalue weighted by Gasteiger charge is -2.36. The number of methoxy groups -OCH3 is 1. The fourth-order valence-electron chi connectivity index (χ4n) is 4.69. The highest BCUT2D eigenvalue weighted by atomic mass is 35.5. The van der Waals surface area contributed by atoms with Crippen LogP contribution in [0.15, 0.2) is 59.7 Å². The summed E-state index contributed by atoms with van der Waals surface area (Å²) in [6.07, 6.45) is 8.41. The molecular formula is C27H30ClFN4O2. The Balaban J connectivity index is 0.00000289. The first-order valence-corrected chi connectivity index (χ1v) is 11.7. The van der Waals surface area contributed by atoms with E-state index in [0.717, 1.165) is 59.1 Å². The minimum absolute atomic E-state index is 0. The van der Waals surface area contributed by atoms with Crippen LogP contribution in [0.1, 0.15) is 49.6 Å². The average Bonchev–Trinajstić information content (AvgIpc) is 3.12. The Morgan fingerprint density at radius 1 is 1.23 bits per heavy atom. The maximum Gasteiger partial charge on any atom is 0.171 e. The summed E-state index contributed by atoms with van der Waals surface area (Å²) in [6.45, 7) is 3.23. The van der Waals surface area contributed by atoms with E-state index in [1.807, 2.05) is 35.9 Å². The molecule has 2 aromatic carbocycles. The van der Waals surface area contributed by atoms with E-state index < -0.39 is 0 Å². The van der Waals surface area contributed by atoms with Gasteiger partial charge in [-0.15, -0.1) is 0 Å². The van der Waals surface area contributed by atoms with Crippen LogP contribution in [0.4, 0.5) is 4.39 Å². The van der Waals surface area contributed by atoms with E-state index in [1.165, 1.54) is 6.07 Å². The molecule has 3 aromatic rings. The van der Waals surface area contributed by atoms with Gasteiger partial charge in [0, 0.05) is 24.2 Å². The Kier molecular flexibility index (Phi) is 7.45. The van der Waals surface area contributed by atoms with Crippen molar-refractivity contribution in [2.45, 2.75) is 39.7 Å². The second kappa shape index (κ2) is 10.5. The Hall–Kier alpha value is -3.32. The van der Waals surface area contributed by atoms with E-state index >= 15 is 0 Å². The van der Waals surface area contributed by atoms with Crippen molar-refractivity contribution >= 4 is 23.5 Å². The smallest absolute Gasteiger partial charge is 0.171 e. The zero-order valence-electron chi connectivity index (χ0n) is 19.2. The van der Waals surface area contributed by atoms with Crippen LogP contribution < -0.4 is 4.74 Å². The predicted octanol–water partition coefficient (Wildman–Crippen LogP) is 6.57. The lowest BCUT2D eigenvalue weighted by Crippen LogP contribution is -2.39. The predicted molar refractivity (Wildman–Crippen MR) is 138 cm³/mol. The molecule has 0 saturated carbocycles. The fraction of sp³-hybridized carbons (Fsp3) is 0.333. The minimum atomic E-state index is -0.334. The molecule has 1 aromatic heterocycles. The first-order chi connectivity index (χ1) is 16.5. The molecule has 1 saturated heterocycles. The van der Waals surface area contributed by atoms with E-state index in [-0.39, 0.29) is 19.3 Å². The van der Waals surface area contributed by atoms with Gasteiger partial charge >= 0.3 is 0 Å². The van der Waals surface area contributed by atoms with E-state index in [0.29, 0.717) is 18.1 Å². The molecule has 0 aliphatic carbocycles. The number of fused-ring (bicyclic) bond motifs is 1. The molecule has 0 N–H and O–H groups in total. The summed E-state index contributed by atoms with van der Waals surface area (Å²) >= 11 is 6.16. The van der Waals surface area contributed by atoms with Crippen molar-refractivity contribution in [3.63, 3.8) is 0 Å². The molecule has 1 unspecified atom stereocenters. The maximum atomic E-state index is 14.1. The summed E-state index contributed by atoms with van der Waals surface area (Å²) in [5, 5.41) is 4.85. The average molecular weight is 497 g/mol. The Labute approximate surface area is 210 Å². The number of oxime groups is 1. The minimum Gasteiger partial charge on any atom is -0.495 e. The zero-order valence-corrected chi connectivity index (χ0v) is 19.9. The van der Waals surface area contributed by atoms with E-state index in [4.69, 9.17) is 21.2 Å². The topological polar surface area (TPSA) is 51.9 Å². The summed E-state index contributed by atoms with van der Waals surface area (Å²) in [5.74, 6) is 1.22. The van der Waals surface area contributed by atoms with Crippen LogP contribution in [0, 0.1) is 12.7 Å². The van der Waals surface area contributed by atoms with Gasteiger partial charge in [0.1, 0.15) is 18.2 Å². The largest absolute Gasteiger partial charge is 0.495 e. The molecule has 35 heavy (non-hydrogen) atoms. The molecule has 0 amide bonds. The number of amidine groups is 1. The van der Waals surface area contributed by atoms with Gasteiger partial charge in [-0.05, 0) is 72.9 Å². The summed E-state index contributed by atoms with van der Waals surface area (Å²) < 4.78 is 21.7. The van der Waals surface area contributed by atoms with Gasteiger partial charge in [-0.2, -0.15) is 0 Å². The van der Waals surface area contributed by atoms with Crippen molar-refractivity contribution in [3.05, 3.63) is 82.2 Å². The molecule has 1 fully saturated rings. The van der Waals surface area contributed by atoms with Gasteiger partial charge in [0.05, 0.1) is 30.9 Å². The first-order valence-electron chi connectivity index (χ1n) is 11.3. The number of nitrogens with zero attached hydrogens (tertiary/aromatic N) is 4. The molecule has 3 heterocycles. The van der Waals surface area contributed by atoms with Crippen molar-refractivity contribution in [3.8, 4) is 11.4 Å². The van der Waals surface area contributed by atoms with Gasteiger partial charge in [-0.1, -0.05) is 30.2 Å². The molecule has 1 atom stereocenters. The molecule has 0 spiro atoms. The van der Waals surface area contributed by atoms with Gasteiger partial charge in [0.15, 0.2) is 5.84 Å². The Morgan fingerprint density at radius 2 is 2.09 bits per heavy atom. The number of benzene rings is 2. The monoisotopic (exact) mass is 496 g/mol. The zero-order chi connectivity index (χ0) is 23.7. The number of ether oxygens (including phenoxy) is 1. The highest BCUT2D eigenvalue weighted by molar-refractivity contribution is 6.30. The SMILES string of the molecule is C.COc1cc(/C=C2\CCCN3C2=NOCCC3c2cc(F)cc(Cl)c2)ccc1-n1cnc(C)c1. The van der Waals surface area contributed by atoms with Gasteiger partial charge in [-0.3, -0.25) is 0 Å². The van der Waals surface area contributed by atoms with Crippen LogP contribution >= 0.6 is 11.6 Å². The fourth-order valence-corrected chi connectivity index (χ4v) is 4.92. The van der Waals surface area contributed by atoms with Crippen molar-refractivity contribution < 1.29 is 14.0 Å². The second-order valence-electron chi connectivity index (χ2n) is 8.58. The highest BCUT2D eigenvalue weighted by Crippen LogP contribution is 2.35. The molecule has 5 rings (SSSR count). The van der Waals surface area contributed by atoms with E-state index in [9.17, 15) is 4.39 Å². The normalized spacial score (nSPS) is 18.7. The third-order valence-electron chi connectivity index (χ3n) is 6.22. The lowest BCUT2D eigenvalue weighted by molar-refractivity contribution is 0.140. The summed E-state index contributed by atoms with van der Waals surface area (Å²) in [6, 6.07) is 10.8. The molecule has 6 nitrogen and oxygen atoms in total. The summed E-state index contributed by atoms with van der Waals surface area (Å²) in [4.78, 5) is 12.1. The second-order valence-corrected chi connectivity index (χ2v) is 9.01. The van der Waals surface area contributed by atoms with Gasteiger partial charge in [0.25, 0.3) is 0 Å². The molecule has 8 heteroatoms. The first kappa shape index (κ1) is 24.8. The summed E-state index contributed by atoms with van der Waals surface area (Å²) in [5.41, 5.74) is 4.79. The van der Waals surface area contributed by atoms with E-state index in [1.54, 1.807) is 19.5 Å². The van der Waals surface area contributed by atoms with Crippen LogP contribution in [0.25, 0.3) is 11.8 Å². The number of aryl methyl sites for hydroxylation is 1. The molecule has 184 valence electrons. The van der Waals surface area contributed by atoms with Crippen molar-refractivity contribution in [2.24, 2.45) is 5.16 Å². The Bertz CT molecular complexity index is 1250. The number of piperidine rings is 1. The molecular weight excluding hydrogens is 467 g/mol. The van der Waals surface area contributed by atoms with E-state index in [2.05, 4.69) is 27.2 Å².